The first kappa shape index (κ1) is 20.7. The Morgan fingerprint density at radius 2 is 1.63 bits per heavy atom. The third-order valence-corrected chi connectivity index (χ3v) is 3.42. The predicted octanol–water partition coefficient (Wildman–Crippen LogP) is 4.63. The average molecular weight is 395 g/mol. The summed E-state index contributed by atoms with van der Waals surface area (Å²) in [6, 6.07) is 0.877. The molecule has 1 heterocycles. The van der Waals surface area contributed by atoms with Gasteiger partial charge in [0.25, 0.3) is 0 Å². The summed E-state index contributed by atoms with van der Waals surface area (Å²) < 4.78 is 81.7. The van der Waals surface area contributed by atoms with Gasteiger partial charge in [0.15, 0.2) is 5.82 Å². The summed E-state index contributed by atoms with van der Waals surface area (Å²) in [5, 5.41) is 5.72. The Hall–Kier alpha value is -2.59. The number of hydrogen-bond acceptors (Lipinski definition) is 4. The Kier molecular flexibility index (Phi) is 6.11. The summed E-state index contributed by atoms with van der Waals surface area (Å²) in [7, 11) is 0. The molecule has 0 atom stereocenters. The van der Waals surface area contributed by atoms with Crippen molar-refractivity contribution >= 4 is 11.6 Å². The number of aryl methyl sites for hydroxylation is 2. The molecule has 0 unspecified atom stereocenters. The third-order valence-electron chi connectivity index (χ3n) is 3.42. The lowest BCUT2D eigenvalue weighted by atomic mass is 10.1. The zero-order valence-corrected chi connectivity index (χ0v) is 14.0. The number of rotatable bonds is 6. The van der Waals surface area contributed by atoms with E-state index in [0.717, 1.165) is 6.42 Å². The number of amides is 1. The number of alkyl halides is 6. The maximum atomic E-state index is 12.8. The van der Waals surface area contributed by atoms with Crippen molar-refractivity contribution in [2.75, 3.05) is 5.32 Å². The predicted molar refractivity (Wildman–Crippen MR) is 81.7 cm³/mol. The topological polar surface area (TPSA) is 68.0 Å². The van der Waals surface area contributed by atoms with Crippen LogP contribution in [0.3, 0.4) is 0 Å². The second-order valence-electron chi connectivity index (χ2n) is 5.70. The number of anilines is 1. The summed E-state index contributed by atoms with van der Waals surface area (Å²) >= 11 is 0. The van der Waals surface area contributed by atoms with Gasteiger partial charge in [-0.3, -0.25) is 4.79 Å². The smallest absolute Gasteiger partial charge is 0.339 e. The van der Waals surface area contributed by atoms with Crippen LogP contribution in [-0.4, -0.2) is 16.0 Å². The summed E-state index contributed by atoms with van der Waals surface area (Å²) in [5.74, 6) is -0.160. The lowest BCUT2D eigenvalue weighted by Gasteiger charge is -2.14. The number of carbonyl (C=O) groups is 1. The normalized spacial score (nSPS) is 12.3. The van der Waals surface area contributed by atoms with Gasteiger partial charge in [0.05, 0.1) is 11.1 Å². The molecule has 148 valence electrons. The van der Waals surface area contributed by atoms with E-state index < -0.39 is 35.1 Å². The molecule has 0 fully saturated rings. The van der Waals surface area contributed by atoms with E-state index in [9.17, 15) is 31.1 Å². The Morgan fingerprint density at radius 3 is 2.15 bits per heavy atom. The van der Waals surface area contributed by atoms with Gasteiger partial charge in [0, 0.05) is 24.9 Å². The van der Waals surface area contributed by atoms with Crippen LogP contribution < -0.4 is 5.32 Å². The number of nitrogens with zero attached hydrogens (tertiary/aromatic N) is 2. The van der Waals surface area contributed by atoms with Crippen molar-refractivity contribution in [3.8, 4) is 0 Å². The number of aromatic nitrogens is 2. The molecular weight excluding hydrogens is 380 g/mol. The molecule has 0 aliphatic rings. The highest BCUT2D eigenvalue weighted by molar-refractivity contribution is 5.91. The summed E-state index contributed by atoms with van der Waals surface area (Å²) in [6.07, 6.45) is -8.84. The Balaban J connectivity index is 2.09. The molecule has 1 aromatic carbocycles. The fourth-order valence-electron chi connectivity index (χ4n) is 2.19. The van der Waals surface area contributed by atoms with Crippen molar-refractivity contribution in [2.45, 2.75) is 45.0 Å². The molecule has 1 aromatic heterocycles. The van der Waals surface area contributed by atoms with E-state index in [1.54, 1.807) is 0 Å². The first-order valence-electron chi connectivity index (χ1n) is 7.90. The molecule has 11 heteroatoms. The molecule has 2 aromatic rings. The van der Waals surface area contributed by atoms with Crippen LogP contribution in [0.15, 0.2) is 22.7 Å². The average Bonchev–Trinajstić information content (AvgIpc) is 2.99. The van der Waals surface area contributed by atoms with Gasteiger partial charge in [-0.05, 0) is 24.6 Å². The quantitative estimate of drug-likeness (QED) is 0.724. The van der Waals surface area contributed by atoms with Gasteiger partial charge < -0.3 is 9.84 Å². The molecule has 0 aliphatic heterocycles. The summed E-state index contributed by atoms with van der Waals surface area (Å²) in [5.41, 5.74) is -3.61. The van der Waals surface area contributed by atoms with Gasteiger partial charge in [-0.1, -0.05) is 12.1 Å². The number of benzene rings is 1. The molecule has 2 rings (SSSR count). The Morgan fingerprint density at radius 1 is 1.04 bits per heavy atom. The van der Waals surface area contributed by atoms with Crippen LogP contribution in [0.4, 0.5) is 32.0 Å². The van der Waals surface area contributed by atoms with Gasteiger partial charge >= 0.3 is 12.4 Å². The maximum absolute atomic E-state index is 12.8. The molecule has 1 N–H and O–H groups in total. The summed E-state index contributed by atoms with van der Waals surface area (Å²) in [4.78, 5) is 15.9. The molecule has 0 aliphatic carbocycles. The lowest BCUT2D eigenvalue weighted by molar-refractivity contribution is -0.143. The largest absolute Gasteiger partial charge is 0.416 e. The van der Waals surface area contributed by atoms with E-state index in [-0.39, 0.29) is 24.8 Å². The van der Waals surface area contributed by atoms with E-state index in [0.29, 0.717) is 24.4 Å². The van der Waals surface area contributed by atoms with Crippen molar-refractivity contribution in [2.24, 2.45) is 0 Å². The van der Waals surface area contributed by atoms with E-state index in [1.165, 1.54) is 0 Å². The second-order valence-corrected chi connectivity index (χ2v) is 5.70. The third kappa shape index (κ3) is 5.97. The van der Waals surface area contributed by atoms with Crippen molar-refractivity contribution in [3.63, 3.8) is 0 Å². The lowest BCUT2D eigenvalue weighted by Crippen LogP contribution is -2.16. The zero-order chi connectivity index (χ0) is 20.2. The number of carbonyl (C=O) groups excluding carboxylic acids is 1. The van der Waals surface area contributed by atoms with Gasteiger partial charge in [-0.25, -0.2) is 0 Å². The van der Waals surface area contributed by atoms with Crippen LogP contribution in [0, 0.1) is 0 Å². The SMILES string of the molecule is CCCc1noc(CCC(=O)Nc2cc(C(F)(F)F)cc(C(F)(F)F)c2)n1. The molecule has 0 bridgehead atoms. The van der Waals surface area contributed by atoms with Crippen LogP contribution in [0.25, 0.3) is 0 Å². The monoisotopic (exact) mass is 395 g/mol. The highest BCUT2D eigenvalue weighted by Gasteiger charge is 2.37. The van der Waals surface area contributed by atoms with Crippen LogP contribution >= 0.6 is 0 Å². The fourth-order valence-corrected chi connectivity index (χ4v) is 2.19. The van der Waals surface area contributed by atoms with E-state index in [1.807, 2.05) is 12.2 Å². The van der Waals surface area contributed by atoms with Crippen molar-refractivity contribution in [1.82, 2.24) is 10.1 Å². The minimum absolute atomic E-state index is 0.00758. The van der Waals surface area contributed by atoms with E-state index in [2.05, 4.69) is 10.1 Å². The molecule has 0 spiro atoms. The Bertz CT molecular complexity index is 766. The van der Waals surface area contributed by atoms with Crippen LogP contribution in [0.2, 0.25) is 0 Å². The first-order chi connectivity index (χ1) is 12.5. The van der Waals surface area contributed by atoms with E-state index in [4.69, 9.17) is 4.52 Å². The molecule has 0 radical (unpaired) electrons. The van der Waals surface area contributed by atoms with Crippen molar-refractivity contribution in [3.05, 3.63) is 41.0 Å². The van der Waals surface area contributed by atoms with Crippen LogP contribution in [-0.2, 0) is 30.0 Å². The van der Waals surface area contributed by atoms with Crippen molar-refractivity contribution < 1.29 is 35.7 Å². The Labute approximate surface area is 149 Å². The summed E-state index contributed by atoms with van der Waals surface area (Å²) in [6.45, 7) is 1.91. The highest BCUT2D eigenvalue weighted by Crippen LogP contribution is 2.37. The van der Waals surface area contributed by atoms with Crippen LogP contribution in [0.5, 0.6) is 0 Å². The van der Waals surface area contributed by atoms with E-state index >= 15 is 0 Å². The molecule has 27 heavy (non-hydrogen) atoms. The zero-order valence-electron chi connectivity index (χ0n) is 14.0. The molecule has 0 saturated heterocycles. The minimum Gasteiger partial charge on any atom is -0.339 e. The standard InChI is InChI=1S/C16H15F6N3O2/c1-2-3-12-24-14(27-25-12)5-4-13(26)23-11-7-9(15(17,18)19)6-10(8-11)16(20,21)22/h6-8H,2-5H2,1H3,(H,23,26). The first-order valence-corrected chi connectivity index (χ1v) is 7.90. The molecule has 1 amide bonds. The highest BCUT2D eigenvalue weighted by atomic mass is 19.4. The fraction of sp³-hybridized carbons (Fsp3) is 0.438. The number of nitrogens with one attached hydrogen (secondary N) is 1. The van der Waals surface area contributed by atoms with Gasteiger partial charge in [-0.15, -0.1) is 0 Å². The second kappa shape index (κ2) is 7.97. The number of hydrogen-bond donors (Lipinski definition) is 1. The van der Waals surface area contributed by atoms with Gasteiger partial charge in [-0.2, -0.15) is 31.3 Å². The molecular formula is C16H15F6N3O2. The number of halogens is 6. The van der Waals surface area contributed by atoms with Crippen LogP contribution in [0.1, 0.15) is 42.6 Å². The van der Waals surface area contributed by atoms with Crippen molar-refractivity contribution in [1.29, 1.82) is 0 Å². The van der Waals surface area contributed by atoms with Gasteiger partial charge in [0.1, 0.15) is 0 Å². The molecule has 5 nitrogen and oxygen atoms in total. The minimum atomic E-state index is -4.99. The van der Waals surface area contributed by atoms with Gasteiger partial charge in [0.2, 0.25) is 11.8 Å². The maximum Gasteiger partial charge on any atom is 0.416 e. The molecule has 0 saturated carbocycles.